The highest BCUT2D eigenvalue weighted by Crippen LogP contribution is 2.28. The van der Waals surface area contributed by atoms with Crippen molar-refractivity contribution in [2.75, 3.05) is 0 Å². The topological polar surface area (TPSA) is 44.9 Å². The Kier molecular flexibility index (Phi) is 4.90. The number of alkyl halides is 3. The fourth-order valence-electron chi connectivity index (χ4n) is 1.96. The van der Waals surface area contributed by atoms with Crippen molar-refractivity contribution in [2.45, 2.75) is 18.6 Å². The molecule has 0 saturated heterocycles. The number of aromatic amines is 1. The number of aromatic nitrogens is 1. The third-order valence-electron chi connectivity index (χ3n) is 2.96. The van der Waals surface area contributed by atoms with Crippen LogP contribution in [0.2, 0.25) is 0 Å². The van der Waals surface area contributed by atoms with E-state index in [0.717, 1.165) is 15.4 Å². The van der Waals surface area contributed by atoms with E-state index in [2.05, 4.69) is 27.5 Å². The minimum atomic E-state index is -4.50. The summed E-state index contributed by atoms with van der Waals surface area (Å²) >= 11 is 3.30. The zero-order valence-electron chi connectivity index (χ0n) is 10.7. The molecule has 2 rings (SSSR count). The zero-order valence-corrected chi connectivity index (χ0v) is 13.1. The molecule has 0 saturated carbocycles. The van der Waals surface area contributed by atoms with Crippen molar-refractivity contribution in [1.82, 2.24) is 9.71 Å². The highest BCUT2D eigenvalue weighted by atomic mass is 79.9. The van der Waals surface area contributed by atoms with Gasteiger partial charge in [-0.3, -0.25) is 0 Å². The normalized spacial score (nSPS) is 15.0. The summed E-state index contributed by atoms with van der Waals surface area (Å²) in [6.45, 7) is 3.21. The first-order valence-electron chi connectivity index (χ1n) is 5.93. The molecule has 0 fully saturated rings. The number of hydrogen-bond acceptors (Lipinski definition) is 1. The number of nitrogens with one attached hydrogen (secondary N) is 2. The van der Waals surface area contributed by atoms with E-state index in [1.807, 2.05) is 4.72 Å². The molecule has 0 spiro atoms. The molecule has 0 aliphatic rings. The van der Waals surface area contributed by atoms with Crippen LogP contribution in [-0.4, -0.2) is 21.4 Å². The molecule has 2 N–H and O–H groups in total. The van der Waals surface area contributed by atoms with Crippen LogP contribution in [-0.2, 0) is 17.4 Å². The molecule has 8 heteroatoms. The van der Waals surface area contributed by atoms with E-state index in [-0.39, 0.29) is 6.42 Å². The fraction of sp³-hybridized carbons (Fsp3) is 0.231. The summed E-state index contributed by atoms with van der Waals surface area (Å²) in [5.74, 6) is 0. The first kappa shape index (κ1) is 16.3. The van der Waals surface area contributed by atoms with Crippen LogP contribution in [0.1, 0.15) is 5.56 Å². The number of hydrogen-bond donors (Lipinski definition) is 2. The molecule has 1 aromatic carbocycles. The van der Waals surface area contributed by atoms with Crippen molar-refractivity contribution in [1.29, 1.82) is 0 Å². The summed E-state index contributed by atoms with van der Waals surface area (Å²) in [6.07, 6.45) is -3.28. The lowest BCUT2D eigenvalue weighted by atomic mass is 10.1. The molecule has 114 valence electrons. The van der Waals surface area contributed by atoms with Crippen molar-refractivity contribution >= 4 is 37.8 Å². The Morgan fingerprint density at radius 1 is 1.48 bits per heavy atom. The Morgan fingerprint density at radius 3 is 2.81 bits per heavy atom. The minimum absolute atomic E-state index is 0.315. The fourth-order valence-corrected chi connectivity index (χ4v) is 2.91. The molecule has 2 atom stereocenters. The standard InChI is InChI=1S/C13H12BrF3N2OS/c1-2-21(20)19-12(13(15,16)17)5-8-7-18-11-6-9(14)3-4-10(8)11/h2-4,6-7,12,18-19H,1,5H2. The lowest BCUT2D eigenvalue weighted by Gasteiger charge is -2.20. The van der Waals surface area contributed by atoms with E-state index in [4.69, 9.17) is 0 Å². The number of rotatable bonds is 5. The summed E-state index contributed by atoms with van der Waals surface area (Å²) in [4.78, 5) is 2.93. The van der Waals surface area contributed by atoms with Gasteiger partial charge in [-0.25, -0.2) is 8.93 Å². The maximum atomic E-state index is 13.0. The number of halogens is 4. The number of benzene rings is 1. The molecule has 2 unspecified atom stereocenters. The Morgan fingerprint density at radius 2 is 2.19 bits per heavy atom. The van der Waals surface area contributed by atoms with Gasteiger partial charge in [0.15, 0.2) is 0 Å². The van der Waals surface area contributed by atoms with Gasteiger partial charge < -0.3 is 4.98 Å². The molecule has 21 heavy (non-hydrogen) atoms. The molecule has 1 aromatic heterocycles. The van der Waals surface area contributed by atoms with Crippen molar-refractivity contribution in [3.05, 3.63) is 46.4 Å². The van der Waals surface area contributed by atoms with Gasteiger partial charge in [0.1, 0.15) is 17.0 Å². The van der Waals surface area contributed by atoms with E-state index < -0.39 is 23.2 Å². The maximum absolute atomic E-state index is 13.0. The SMILES string of the molecule is C=CS(=O)NC(Cc1c[nH]c2cc(Br)ccc12)C(F)(F)F. The Balaban J connectivity index is 2.30. The highest BCUT2D eigenvalue weighted by Gasteiger charge is 2.40. The second-order valence-electron chi connectivity index (χ2n) is 4.38. The third kappa shape index (κ3) is 3.96. The lowest BCUT2D eigenvalue weighted by Crippen LogP contribution is -2.44. The maximum Gasteiger partial charge on any atom is 0.405 e. The first-order chi connectivity index (χ1) is 9.81. The van der Waals surface area contributed by atoms with Crippen LogP contribution in [0.25, 0.3) is 10.9 Å². The van der Waals surface area contributed by atoms with Crippen molar-refractivity contribution in [3.63, 3.8) is 0 Å². The average Bonchev–Trinajstić information content (AvgIpc) is 2.79. The molecule has 2 aromatic rings. The van der Waals surface area contributed by atoms with Gasteiger partial charge >= 0.3 is 6.18 Å². The molecule has 0 bridgehead atoms. The molecule has 0 aliphatic heterocycles. The lowest BCUT2D eigenvalue weighted by molar-refractivity contribution is -0.150. The number of H-pyrrole nitrogens is 1. The van der Waals surface area contributed by atoms with Crippen LogP contribution >= 0.6 is 15.9 Å². The third-order valence-corrected chi connectivity index (χ3v) is 4.27. The van der Waals surface area contributed by atoms with E-state index in [1.165, 1.54) is 6.20 Å². The van der Waals surface area contributed by atoms with Crippen molar-refractivity contribution in [3.8, 4) is 0 Å². The van der Waals surface area contributed by atoms with Gasteiger partial charge in [0.05, 0.1) is 0 Å². The summed E-state index contributed by atoms with van der Waals surface area (Å²) < 4.78 is 53.2. The van der Waals surface area contributed by atoms with Gasteiger partial charge in [0.2, 0.25) is 0 Å². The van der Waals surface area contributed by atoms with Crippen LogP contribution in [0.4, 0.5) is 13.2 Å². The smallest absolute Gasteiger partial charge is 0.361 e. The van der Waals surface area contributed by atoms with Gasteiger partial charge in [-0.1, -0.05) is 28.6 Å². The summed E-state index contributed by atoms with van der Waals surface area (Å²) in [7, 11) is -1.93. The molecule has 3 nitrogen and oxygen atoms in total. The van der Waals surface area contributed by atoms with E-state index in [0.29, 0.717) is 10.9 Å². The van der Waals surface area contributed by atoms with Crippen LogP contribution < -0.4 is 4.72 Å². The van der Waals surface area contributed by atoms with Crippen LogP contribution in [0.3, 0.4) is 0 Å². The molecular weight excluding hydrogens is 369 g/mol. The van der Waals surface area contributed by atoms with Gasteiger partial charge in [0.25, 0.3) is 0 Å². The van der Waals surface area contributed by atoms with Gasteiger partial charge in [-0.2, -0.15) is 13.2 Å². The van der Waals surface area contributed by atoms with Crippen LogP contribution in [0.15, 0.2) is 40.9 Å². The van der Waals surface area contributed by atoms with Gasteiger partial charge in [-0.15, -0.1) is 0 Å². The molecule has 0 radical (unpaired) electrons. The Labute approximate surface area is 130 Å². The second kappa shape index (κ2) is 6.33. The van der Waals surface area contributed by atoms with Gasteiger partial charge in [-0.05, 0) is 24.1 Å². The van der Waals surface area contributed by atoms with E-state index in [1.54, 1.807) is 18.2 Å². The second-order valence-corrected chi connectivity index (χ2v) is 6.46. The van der Waals surface area contributed by atoms with Crippen molar-refractivity contribution in [2.24, 2.45) is 0 Å². The van der Waals surface area contributed by atoms with E-state index in [9.17, 15) is 17.4 Å². The predicted molar refractivity (Wildman–Crippen MR) is 81.0 cm³/mol. The van der Waals surface area contributed by atoms with Crippen LogP contribution in [0, 0.1) is 0 Å². The molecular formula is C13H12BrF3N2OS. The van der Waals surface area contributed by atoms with E-state index >= 15 is 0 Å². The molecule has 1 heterocycles. The monoisotopic (exact) mass is 380 g/mol. The predicted octanol–water partition coefficient (Wildman–Crippen LogP) is 3.80. The largest absolute Gasteiger partial charge is 0.405 e. The Bertz CT molecular complexity index is 684. The average molecular weight is 381 g/mol. The summed E-state index contributed by atoms with van der Waals surface area (Å²) in [5, 5.41) is 1.64. The molecule has 0 aliphatic carbocycles. The van der Waals surface area contributed by atoms with Crippen LogP contribution in [0.5, 0.6) is 0 Å². The minimum Gasteiger partial charge on any atom is -0.361 e. The van der Waals surface area contributed by atoms with Crippen molar-refractivity contribution < 1.29 is 17.4 Å². The number of fused-ring (bicyclic) bond motifs is 1. The highest BCUT2D eigenvalue weighted by molar-refractivity contribution is 9.10. The first-order valence-corrected chi connectivity index (χ1v) is 7.93. The Hall–Kier alpha value is -1.12. The quantitative estimate of drug-likeness (QED) is 0.813. The summed E-state index contributed by atoms with van der Waals surface area (Å²) in [6, 6.07) is 3.39. The zero-order chi connectivity index (χ0) is 15.6. The molecule has 0 amide bonds. The van der Waals surface area contributed by atoms with Gasteiger partial charge in [0, 0.05) is 27.0 Å². The summed E-state index contributed by atoms with van der Waals surface area (Å²) in [5.41, 5.74) is 1.25.